The number of aromatic nitrogens is 2. The minimum absolute atomic E-state index is 0.0113. The molecular formula is C12H12N2O3. The van der Waals surface area contributed by atoms with E-state index in [4.69, 9.17) is 9.84 Å². The van der Waals surface area contributed by atoms with E-state index in [1.807, 2.05) is 0 Å². The van der Waals surface area contributed by atoms with Gasteiger partial charge in [-0.05, 0) is 24.6 Å². The molecule has 2 aromatic rings. The number of ether oxygens (including phenoxy) is 1. The number of aromatic amines is 1. The number of nitrogens with one attached hydrogen (secondary N) is 1. The van der Waals surface area contributed by atoms with Gasteiger partial charge in [-0.15, -0.1) is 0 Å². The molecule has 0 atom stereocenters. The molecule has 5 nitrogen and oxygen atoms in total. The molecule has 1 heterocycles. The number of aliphatic hydroxyl groups excluding tert-OH is 1. The third-order valence-corrected chi connectivity index (χ3v) is 2.16. The van der Waals surface area contributed by atoms with Crippen LogP contribution in [0.1, 0.15) is 11.4 Å². The van der Waals surface area contributed by atoms with Crippen LogP contribution >= 0.6 is 0 Å². The Morgan fingerprint density at radius 3 is 2.65 bits per heavy atom. The molecule has 0 aliphatic rings. The normalized spacial score (nSPS) is 10.2. The zero-order valence-electron chi connectivity index (χ0n) is 9.30. The SMILES string of the molecule is Cc1nc(Oc2ccc(CO)cc2)cc(=O)[nH]1. The molecule has 0 unspecified atom stereocenters. The van der Waals surface area contributed by atoms with Crippen molar-refractivity contribution in [1.82, 2.24) is 9.97 Å². The largest absolute Gasteiger partial charge is 0.439 e. The van der Waals surface area contributed by atoms with E-state index in [9.17, 15) is 4.79 Å². The lowest BCUT2D eigenvalue weighted by molar-refractivity contribution is 0.281. The summed E-state index contributed by atoms with van der Waals surface area (Å²) in [7, 11) is 0. The van der Waals surface area contributed by atoms with Gasteiger partial charge in [0, 0.05) is 0 Å². The van der Waals surface area contributed by atoms with Crippen LogP contribution in [0.2, 0.25) is 0 Å². The quantitative estimate of drug-likeness (QED) is 0.837. The molecule has 0 aliphatic carbocycles. The monoisotopic (exact) mass is 232 g/mol. The van der Waals surface area contributed by atoms with Crippen molar-refractivity contribution >= 4 is 0 Å². The average Bonchev–Trinajstić information content (AvgIpc) is 2.28. The van der Waals surface area contributed by atoms with E-state index in [0.29, 0.717) is 11.6 Å². The van der Waals surface area contributed by atoms with Crippen molar-refractivity contribution in [2.75, 3.05) is 0 Å². The summed E-state index contributed by atoms with van der Waals surface area (Å²) in [5.41, 5.74) is 0.548. The molecule has 88 valence electrons. The zero-order chi connectivity index (χ0) is 12.3. The minimum Gasteiger partial charge on any atom is -0.439 e. The molecule has 17 heavy (non-hydrogen) atoms. The molecule has 0 fully saturated rings. The lowest BCUT2D eigenvalue weighted by Gasteiger charge is -2.05. The molecule has 0 spiro atoms. The van der Waals surface area contributed by atoms with E-state index in [-0.39, 0.29) is 18.0 Å². The first kappa shape index (κ1) is 11.3. The van der Waals surface area contributed by atoms with Gasteiger partial charge in [-0.1, -0.05) is 12.1 Å². The fourth-order valence-corrected chi connectivity index (χ4v) is 1.39. The predicted molar refractivity (Wildman–Crippen MR) is 62.0 cm³/mol. The Morgan fingerprint density at radius 1 is 1.35 bits per heavy atom. The van der Waals surface area contributed by atoms with E-state index in [1.54, 1.807) is 31.2 Å². The predicted octanol–water partition coefficient (Wildman–Crippen LogP) is 1.36. The summed E-state index contributed by atoms with van der Waals surface area (Å²) >= 11 is 0. The third kappa shape index (κ3) is 2.92. The fraction of sp³-hybridized carbons (Fsp3) is 0.167. The Hall–Kier alpha value is -2.14. The molecule has 2 rings (SSSR count). The van der Waals surface area contributed by atoms with E-state index in [1.165, 1.54) is 6.07 Å². The van der Waals surface area contributed by atoms with Gasteiger partial charge < -0.3 is 14.8 Å². The van der Waals surface area contributed by atoms with E-state index < -0.39 is 0 Å². The highest BCUT2D eigenvalue weighted by Gasteiger charge is 2.01. The molecule has 0 saturated carbocycles. The Bertz CT molecular complexity index is 561. The highest BCUT2D eigenvalue weighted by Crippen LogP contribution is 2.18. The van der Waals surface area contributed by atoms with Crippen molar-refractivity contribution < 1.29 is 9.84 Å². The topological polar surface area (TPSA) is 75.2 Å². The second-order valence-corrected chi connectivity index (χ2v) is 3.57. The molecule has 1 aromatic carbocycles. The maximum Gasteiger partial charge on any atom is 0.254 e. The third-order valence-electron chi connectivity index (χ3n) is 2.16. The van der Waals surface area contributed by atoms with Crippen molar-refractivity contribution in [3.8, 4) is 11.6 Å². The Kier molecular flexibility index (Phi) is 3.20. The fourth-order valence-electron chi connectivity index (χ4n) is 1.39. The summed E-state index contributed by atoms with van der Waals surface area (Å²) in [5, 5.41) is 8.89. The number of aryl methyl sites for hydroxylation is 1. The summed E-state index contributed by atoms with van der Waals surface area (Å²) in [4.78, 5) is 17.8. The zero-order valence-corrected chi connectivity index (χ0v) is 9.30. The smallest absolute Gasteiger partial charge is 0.254 e. The second kappa shape index (κ2) is 4.80. The summed E-state index contributed by atoms with van der Waals surface area (Å²) in [5.74, 6) is 1.32. The molecule has 5 heteroatoms. The van der Waals surface area contributed by atoms with Crippen LogP contribution in [0.15, 0.2) is 35.1 Å². The highest BCUT2D eigenvalue weighted by atomic mass is 16.5. The van der Waals surface area contributed by atoms with Crippen LogP contribution in [0.25, 0.3) is 0 Å². The van der Waals surface area contributed by atoms with Gasteiger partial charge in [0.25, 0.3) is 5.56 Å². The molecule has 0 saturated heterocycles. The van der Waals surface area contributed by atoms with Gasteiger partial charge in [0.1, 0.15) is 11.6 Å². The molecular weight excluding hydrogens is 220 g/mol. The minimum atomic E-state index is -0.250. The number of H-pyrrole nitrogens is 1. The first-order valence-electron chi connectivity index (χ1n) is 5.13. The van der Waals surface area contributed by atoms with E-state index in [2.05, 4.69) is 9.97 Å². The van der Waals surface area contributed by atoms with Crippen LogP contribution in [0.5, 0.6) is 11.6 Å². The number of benzene rings is 1. The van der Waals surface area contributed by atoms with Gasteiger partial charge in [0.2, 0.25) is 5.88 Å². The Balaban J connectivity index is 2.22. The van der Waals surface area contributed by atoms with Gasteiger partial charge in [0.05, 0.1) is 12.7 Å². The van der Waals surface area contributed by atoms with Crippen LogP contribution in [-0.2, 0) is 6.61 Å². The van der Waals surface area contributed by atoms with Crippen molar-refractivity contribution in [3.05, 3.63) is 52.1 Å². The van der Waals surface area contributed by atoms with Crippen LogP contribution < -0.4 is 10.3 Å². The second-order valence-electron chi connectivity index (χ2n) is 3.57. The van der Waals surface area contributed by atoms with Crippen molar-refractivity contribution in [2.45, 2.75) is 13.5 Å². The highest BCUT2D eigenvalue weighted by molar-refractivity contribution is 5.29. The lowest BCUT2D eigenvalue weighted by Crippen LogP contribution is -2.08. The molecule has 2 N–H and O–H groups in total. The first-order chi connectivity index (χ1) is 8.17. The van der Waals surface area contributed by atoms with Gasteiger partial charge >= 0.3 is 0 Å². The van der Waals surface area contributed by atoms with Gasteiger partial charge in [-0.25, -0.2) is 4.98 Å². The summed E-state index contributed by atoms with van der Waals surface area (Å²) in [6.45, 7) is 1.67. The van der Waals surface area contributed by atoms with Gasteiger partial charge in [0.15, 0.2) is 0 Å². The van der Waals surface area contributed by atoms with Crippen molar-refractivity contribution in [1.29, 1.82) is 0 Å². The maximum absolute atomic E-state index is 11.2. The first-order valence-corrected chi connectivity index (χ1v) is 5.13. The number of rotatable bonds is 3. The van der Waals surface area contributed by atoms with E-state index in [0.717, 1.165) is 5.56 Å². The summed E-state index contributed by atoms with van der Waals surface area (Å²) < 4.78 is 5.43. The molecule has 0 amide bonds. The van der Waals surface area contributed by atoms with Gasteiger partial charge in [-0.2, -0.15) is 0 Å². The number of aliphatic hydroxyl groups is 1. The van der Waals surface area contributed by atoms with Crippen LogP contribution in [0.4, 0.5) is 0 Å². The lowest BCUT2D eigenvalue weighted by atomic mass is 10.2. The Morgan fingerprint density at radius 2 is 2.06 bits per heavy atom. The van der Waals surface area contributed by atoms with Gasteiger partial charge in [-0.3, -0.25) is 4.79 Å². The summed E-state index contributed by atoms with van der Waals surface area (Å²) in [6.07, 6.45) is 0. The molecule has 0 aliphatic heterocycles. The maximum atomic E-state index is 11.2. The average molecular weight is 232 g/mol. The molecule has 1 aromatic heterocycles. The number of hydrogen-bond donors (Lipinski definition) is 2. The number of hydrogen-bond acceptors (Lipinski definition) is 4. The molecule has 0 bridgehead atoms. The van der Waals surface area contributed by atoms with Crippen LogP contribution in [0, 0.1) is 6.92 Å². The van der Waals surface area contributed by atoms with Crippen molar-refractivity contribution in [3.63, 3.8) is 0 Å². The van der Waals surface area contributed by atoms with Crippen LogP contribution in [-0.4, -0.2) is 15.1 Å². The number of nitrogens with zero attached hydrogens (tertiary/aromatic N) is 1. The summed E-state index contributed by atoms with van der Waals surface area (Å²) in [6, 6.07) is 8.20. The standard InChI is InChI=1S/C12H12N2O3/c1-8-13-11(16)6-12(14-8)17-10-4-2-9(7-15)3-5-10/h2-6,15H,7H2,1H3,(H,13,14,16). The Labute approximate surface area is 97.7 Å². The molecule has 0 radical (unpaired) electrons. The van der Waals surface area contributed by atoms with Crippen LogP contribution in [0.3, 0.4) is 0 Å². The van der Waals surface area contributed by atoms with Crippen molar-refractivity contribution in [2.24, 2.45) is 0 Å². The van der Waals surface area contributed by atoms with E-state index >= 15 is 0 Å².